The molecule has 0 radical (unpaired) electrons. The Hall–Kier alpha value is -3.22. The molecule has 0 unspecified atom stereocenters. The summed E-state index contributed by atoms with van der Waals surface area (Å²) in [6.45, 7) is 0.307. The number of carbonyl (C=O) groups excluding carboxylic acids is 2. The maximum atomic E-state index is 12.2. The maximum Gasteiger partial charge on any atom is 0.338 e. The summed E-state index contributed by atoms with van der Waals surface area (Å²) in [6, 6.07) is 15.1. The van der Waals surface area contributed by atoms with Gasteiger partial charge >= 0.3 is 5.97 Å². The minimum absolute atomic E-state index is 0.210. The largest absolute Gasteiger partial charge is 0.452 e. The van der Waals surface area contributed by atoms with Crippen LogP contribution >= 0.6 is 0 Å². The highest BCUT2D eigenvalue weighted by Gasteiger charge is 2.17. The zero-order valence-corrected chi connectivity index (χ0v) is 16.2. The van der Waals surface area contributed by atoms with Gasteiger partial charge < -0.3 is 10.1 Å². The van der Waals surface area contributed by atoms with E-state index >= 15 is 0 Å². The van der Waals surface area contributed by atoms with E-state index in [1.807, 2.05) is 41.1 Å². The molecule has 1 aromatic heterocycles. The van der Waals surface area contributed by atoms with Gasteiger partial charge in [0.2, 0.25) is 0 Å². The molecule has 1 aliphatic rings. The number of para-hydroxylation sites is 1. The topological polar surface area (TPSA) is 86.1 Å². The number of ether oxygens (including phenoxy) is 1. The van der Waals surface area contributed by atoms with Crippen LogP contribution in [0.2, 0.25) is 0 Å². The molecule has 3 aromatic rings. The smallest absolute Gasteiger partial charge is 0.338 e. The Morgan fingerprint density at radius 2 is 1.79 bits per heavy atom. The molecule has 7 nitrogen and oxygen atoms in total. The summed E-state index contributed by atoms with van der Waals surface area (Å²) < 4.78 is 6.97. The zero-order valence-electron chi connectivity index (χ0n) is 16.2. The van der Waals surface area contributed by atoms with Gasteiger partial charge in [0.25, 0.3) is 5.91 Å². The molecule has 1 saturated carbocycles. The summed E-state index contributed by atoms with van der Waals surface area (Å²) in [5, 5.41) is 11.3. The number of amides is 1. The average Bonchev–Trinajstić information content (AvgIpc) is 3.16. The van der Waals surface area contributed by atoms with Crippen LogP contribution in [0.5, 0.6) is 0 Å². The van der Waals surface area contributed by atoms with Crippen molar-refractivity contribution in [1.82, 2.24) is 20.3 Å². The fraction of sp³-hybridized carbons (Fsp3) is 0.364. The van der Waals surface area contributed by atoms with Crippen LogP contribution in [0, 0.1) is 0 Å². The van der Waals surface area contributed by atoms with Crippen LogP contribution in [0.25, 0.3) is 11.0 Å². The van der Waals surface area contributed by atoms with Crippen LogP contribution in [0.3, 0.4) is 0 Å². The molecule has 0 spiro atoms. The fourth-order valence-corrected chi connectivity index (χ4v) is 3.68. The summed E-state index contributed by atoms with van der Waals surface area (Å²) in [5.41, 5.74) is 3.22. The molecule has 0 aliphatic heterocycles. The second-order valence-electron chi connectivity index (χ2n) is 7.41. The molecule has 0 saturated heterocycles. The SMILES string of the molecule is O=C(COC(=O)c1ccc(Cn2nnc3ccccc32)cc1)NC1CCCCC1. The van der Waals surface area contributed by atoms with Crippen molar-refractivity contribution >= 4 is 22.9 Å². The number of rotatable bonds is 6. The number of carbonyl (C=O) groups is 2. The molecule has 1 aliphatic carbocycles. The Bertz CT molecular complexity index is 991. The summed E-state index contributed by atoms with van der Waals surface area (Å²) >= 11 is 0. The molecule has 1 amide bonds. The number of aromatic nitrogens is 3. The predicted octanol–water partition coefficient (Wildman–Crippen LogP) is 3.09. The van der Waals surface area contributed by atoms with Crippen LogP contribution in [0.1, 0.15) is 48.0 Å². The maximum absolute atomic E-state index is 12.2. The second kappa shape index (κ2) is 8.86. The van der Waals surface area contributed by atoms with E-state index in [1.54, 1.807) is 12.1 Å². The molecule has 1 fully saturated rings. The first-order valence-electron chi connectivity index (χ1n) is 10.0. The first-order chi connectivity index (χ1) is 14.2. The number of hydrogen-bond acceptors (Lipinski definition) is 5. The molecule has 0 atom stereocenters. The predicted molar refractivity (Wildman–Crippen MR) is 108 cm³/mol. The van der Waals surface area contributed by atoms with E-state index in [-0.39, 0.29) is 18.6 Å². The Kier molecular flexibility index (Phi) is 5.84. The van der Waals surface area contributed by atoms with Crippen molar-refractivity contribution in [2.45, 2.75) is 44.7 Å². The highest BCUT2D eigenvalue weighted by molar-refractivity contribution is 5.91. The Labute approximate surface area is 169 Å². The molecule has 0 bridgehead atoms. The third-order valence-electron chi connectivity index (χ3n) is 5.25. The van der Waals surface area contributed by atoms with Gasteiger partial charge in [-0.1, -0.05) is 48.7 Å². The van der Waals surface area contributed by atoms with E-state index in [0.717, 1.165) is 42.3 Å². The molecule has 7 heteroatoms. The van der Waals surface area contributed by atoms with Gasteiger partial charge in [-0.25, -0.2) is 9.48 Å². The van der Waals surface area contributed by atoms with Crippen molar-refractivity contribution in [2.24, 2.45) is 0 Å². The van der Waals surface area contributed by atoms with Gasteiger partial charge in [-0.3, -0.25) is 4.79 Å². The lowest BCUT2D eigenvalue weighted by molar-refractivity contribution is -0.125. The third-order valence-corrected chi connectivity index (χ3v) is 5.25. The minimum Gasteiger partial charge on any atom is -0.452 e. The van der Waals surface area contributed by atoms with Crippen molar-refractivity contribution in [1.29, 1.82) is 0 Å². The van der Waals surface area contributed by atoms with E-state index in [1.165, 1.54) is 6.42 Å². The van der Waals surface area contributed by atoms with Crippen molar-refractivity contribution in [3.05, 3.63) is 59.7 Å². The standard InChI is InChI=1S/C22H24N4O3/c27-21(23-18-6-2-1-3-7-18)15-29-22(28)17-12-10-16(11-13-17)14-26-20-9-5-4-8-19(20)24-25-26/h4-5,8-13,18H,1-3,6-7,14-15H2,(H,23,27). The lowest BCUT2D eigenvalue weighted by atomic mass is 9.95. The van der Waals surface area contributed by atoms with Gasteiger partial charge in [0.15, 0.2) is 6.61 Å². The summed E-state index contributed by atoms with van der Waals surface area (Å²) in [6.07, 6.45) is 5.51. The van der Waals surface area contributed by atoms with Crippen LogP contribution in [0.4, 0.5) is 0 Å². The number of benzene rings is 2. The van der Waals surface area contributed by atoms with E-state index in [9.17, 15) is 9.59 Å². The van der Waals surface area contributed by atoms with E-state index in [0.29, 0.717) is 12.1 Å². The number of nitrogens with one attached hydrogen (secondary N) is 1. The summed E-state index contributed by atoms with van der Waals surface area (Å²) in [5.74, 6) is -0.735. The lowest BCUT2D eigenvalue weighted by Crippen LogP contribution is -2.38. The van der Waals surface area contributed by atoms with Gasteiger partial charge in [0.05, 0.1) is 17.6 Å². The van der Waals surface area contributed by atoms with Crippen molar-refractivity contribution in [3.63, 3.8) is 0 Å². The third kappa shape index (κ3) is 4.80. The summed E-state index contributed by atoms with van der Waals surface area (Å²) in [7, 11) is 0. The molecule has 4 rings (SSSR count). The van der Waals surface area contributed by atoms with Gasteiger partial charge in [-0.15, -0.1) is 5.10 Å². The van der Waals surface area contributed by atoms with E-state index in [2.05, 4.69) is 15.6 Å². The van der Waals surface area contributed by atoms with E-state index < -0.39 is 5.97 Å². The van der Waals surface area contributed by atoms with Gasteiger partial charge in [-0.2, -0.15) is 0 Å². The average molecular weight is 392 g/mol. The Morgan fingerprint density at radius 1 is 1.03 bits per heavy atom. The van der Waals surface area contributed by atoms with Crippen LogP contribution in [-0.4, -0.2) is 39.5 Å². The van der Waals surface area contributed by atoms with Gasteiger partial charge in [-0.05, 0) is 42.7 Å². The molecule has 1 heterocycles. The van der Waals surface area contributed by atoms with Crippen LogP contribution < -0.4 is 5.32 Å². The first-order valence-corrected chi connectivity index (χ1v) is 10.0. The van der Waals surface area contributed by atoms with Crippen molar-refractivity contribution in [3.8, 4) is 0 Å². The first kappa shape index (κ1) is 19.1. The van der Waals surface area contributed by atoms with Crippen LogP contribution in [-0.2, 0) is 16.1 Å². The lowest BCUT2D eigenvalue weighted by Gasteiger charge is -2.22. The van der Waals surface area contributed by atoms with Gasteiger partial charge in [0, 0.05) is 6.04 Å². The number of nitrogens with zero attached hydrogens (tertiary/aromatic N) is 3. The number of fused-ring (bicyclic) bond motifs is 1. The Balaban J connectivity index is 1.30. The molecular weight excluding hydrogens is 368 g/mol. The van der Waals surface area contributed by atoms with Crippen LogP contribution in [0.15, 0.2) is 48.5 Å². The number of esters is 1. The number of hydrogen-bond donors (Lipinski definition) is 1. The van der Waals surface area contributed by atoms with Crippen molar-refractivity contribution in [2.75, 3.05) is 6.61 Å². The molecule has 29 heavy (non-hydrogen) atoms. The quantitative estimate of drug-likeness (QED) is 0.652. The zero-order chi connectivity index (χ0) is 20.1. The van der Waals surface area contributed by atoms with Gasteiger partial charge in [0.1, 0.15) is 5.52 Å². The molecule has 2 aromatic carbocycles. The minimum atomic E-state index is -0.499. The molecular formula is C22H24N4O3. The summed E-state index contributed by atoms with van der Waals surface area (Å²) in [4.78, 5) is 24.2. The second-order valence-corrected chi connectivity index (χ2v) is 7.41. The highest BCUT2D eigenvalue weighted by Crippen LogP contribution is 2.17. The fourth-order valence-electron chi connectivity index (χ4n) is 3.68. The monoisotopic (exact) mass is 392 g/mol. The molecule has 1 N–H and O–H groups in total. The van der Waals surface area contributed by atoms with E-state index in [4.69, 9.17) is 4.74 Å². The molecule has 150 valence electrons. The normalized spacial score (nSPS) is 14.6. The van der Waals surface area contributed by atoms with Crippen molar-refractivity contribution < 1.29 is 14.3 Å². The highest BCUT2D eigenvalue weighted by atomic mass is 16.5. The Morgan fingerprint density at radius 3 is 2.59 bits per heavy atom.